The largest absolute Gasteiger partial charge is 0.489 e. The Hall–Kier alpha value is -3.31. The third kappa shape index (κ3) is 5.86. The summed E-state index contributed by atoms with van der Waals surface area (Å²) in [5.74, 6) is 0.515. The average Bonchev–Trinajstić information content (AvgIpc) is 2.72. The van der Waals surface area contributed by atoms with E-state index in [4.69, 9.17) is 15.9 Å². The molecule has 4 N–H and O–H groups in total. The van der Waals surface area contributed by atoms with Crippen LogP contribution in [0.5, 0.6) is 5.75 Å². The number of carbonyl (C=O) groups excluding carboxylic acids is 1. The molecular formula is C22H22ClN3O2. The first-order valence-corrected chi connectivity index (χ1v) is 8.60. The summed E-state index contributed by atoms with van der Waals surface area (Å²) in [6.45, 7) is 0.922. The Kier molecular flexibility index (Phi) is 7.60. The molecule has 0 aliphatic carbocycles. The Balaban J connectivity index is 0.00000280. The number of nitrogens with two attached hydrogens (primary N) is 1. The number of amides is 1. The molecule has 6 heteroatoms. The number of ether oxygens (including phenoxy) is 1. The zero-order chi connectivity index (χ0) is 19.1. The van der Waals surface area contributed by atoms with Gasteiger partial charge in [0.25, 0.3) is 5.91 Å². The molecule has 0 atom stereocenters. The predicted octanol–water partition coefficient (Wildman–Crippen LogP) is 3.90. The summed E-state index contributed by atoms with van der Waals surface area (Å²) < 4.78 is 5.76. The van der Waals surface area contributed by atoms with Gasteiger partial charge in [0.1, 0.15) is 18.2 Å². The van der Waals surface area contributed by atoms with Crippen molar-refractivity contribution in [2.24, 2.45) is 5.73 Å². The van der Waals surface area contributed by atoms with Crippen molar-refractivity contribution in [3.63, 3.8) is 0 Å². The van der Waals surface area contributed by atoms with Crippen molar-refractivity contribution in [3.05, 3.63) is 101 Å². The fraction of sp³-hybridized carbons (Fsp3) is 0.0909. The van der Waals surface area contributed by atoms with Crippen LogP contribution in [0.3, 0.4) is 0 Å². The van der Waals surface area contributed by atoms with Gasteiger partial charge in [-0.2, -0.15) is 0 Å². The first kappa shape index (κ1) is 21.0. The summed E-state index contributed by atoms with van der Waals surface area (Å²) in [4.78, 5) is 12.3. The average molecular weight is 396 g/mol. The Morgan fingerprint density at radius 3 is 2.25 bits per heavy atom. The molecule has 3 aromatic rings. The third-order valence-corrected chi connectivity index (χ3v) is 4.06. The van der Waals surface area contributed by atoms with Crippen molar-refractivity contribution in [3.8, 4) is 5.75 Å². The molecule has 144 valence electrons. The number of halogens is 1. The minimum Gasteiger partial charge on any atom is -0.489 e. The maximum atomic E-state index is 12.3. The molecule has 0 aliphatic rings. The van der Waals surface area contributed by atoms with Gasteiger partial charge in [0.2, 0.25) is 0 Å². The number of rotatable bonds is 7. The smallest absolute Gasteiger partial charge is 0.251 e. The van der Waals surface area contributed by atoms with Gasteiger partial charge in [0.05, 0.1) is 0 Å². The second-order valence-corrected chi connectivity index (χ2v) is 6.10. The van der Waals surface area contributed by atoms with E-state index in [2.05, 4.69) is 5.32 Å². The van der Waals surface area contributed by atoms with Crippen LogP contribution in [0.2, 0.25) is 0 Å². The van der Waals surface area contributed by atoms with Crippen LogP contribution in [0, 0.1) is 5.41 Å². The van der Waals surface area contributed by atoms with Crippen molar-refractivity contribution >= 4 is 24.1 Å². The maximum absolute atomic E-state index is 12.3. The summed E-state index contributed by atoms with van der Waals surface area (Å²) in [5.41, 5.74) is 8.55. The van der Waals surface area contributed by atoms with Crippen LogP contribution in [0.1, 0.15) is 27.0 Å². The van der Waals surface area contributed by atoms with Crippen LogP contribution in [0.4, 0.5) is 0 Å². The Bertz CT molecular complexity index is 928. The molecule has 0 bridgehead atoms. The van der Waals surface area contributed by atoms with Gasteiger partial charge < -0.3 is 15.8 Å². The third-order valence-electron chi connectivity index (χ3n) is 4.06. The van der Waals surface area contributed by atoms with E-state index in [9.17, 15) is 4.79 Å². The van der Waals surface area contributed by atoms with E-state index in [1.165, 1.54) is 0 Å². The summed E-state index contributed by atoms with van der Waals surface area (Å²) in [6.07, 6.45) is 0. The zero-order valence-electron chi connectivity index (χ0n) is 15.2. The van der Waals surface area contributed by atoms with E-state index in [-0.39, 0.29) is 24.1 Å². The Labute approximate surface area is 170 Å². The van der Waals surface area contributed by atoms with Crippen molar-refractivity contribution in [1.82, 2.24) is 5.32 Å². The molecule has 0 heterocycles. The Morgan fingerprint density at radius 1 is 0.893 bits per heavy atom. The number of carbonyl (C=O) groups is 1. The van der Waals surface area contributed by atoms with Crippen molar-refractivity contribution in [2.45, 2.75) is 13.2 Å². The second-order valence-electron chi connectivity index (χ2n) is 6.10. The van der Waals surface area contributed by atoms with Crippen molar-refractivity contribution in [1.29, 1.82) is 5.41 Å². The quantitative estimate of drug-likeness (QED) is 0.418. The van der Waals surface area contributed by atoms with Crippen molar-refractivity contribution in [2.75, 3.05) is 0 Å². The summed E-state index contributed by atoms with van der Waals surface area (Å²) >= 11 is 0. The van der Waals surface area contributed by atoms with Gasteiger partial charge in [0, 0.05) is 17.7 Å². The van der Waals surface area contributed by atoms with Gasteiger partial charge in [-0.15, -0.1) is 12.4 Å². The molecule has 0 aliphatic heterocycles. The molecule has 0 saturated carbocycles. The van der Waals surface area contributed by atoms with E-state index in [0.717, 1.165) is 16.9 Å². The molecule has 0 spiro atoms. The van der Waals surface area contributed by atoms with Gasteiger partial charge in [-0.25, -0.2) is 0 Å². The molecule has 5 nitrogen and oxygen atoms in total. The van der Waals surface area contributed by atoms with E-state index in [1.54, 1.807) is 24.3 Å². The summed E-state index contributed by atoms with van der Waals surface area (Å²) in [6, 6.07) is 24.3. The first-order valence-electron chi connectivity index (χ1n) is 8.60. The molecular weight excluding hydrogens is 374 g/mol. The molecule has 0 unspecified atom stereocenters. The maximum Gasteiger partial charge on any atom is 0.251 e. The highest BCUT2D eigenvalue weighted by atomic mass is 35.5. The number of nitrogens with one attached hydrogen (secondary N) is 2. The molecule has 3 rings (SSSR count). The van der Waals surface area contributed by atoms with Gasteiger partial charge in [0.15, 0.2) is 0 Å². The summed E-state index contributed by atoms with van der Waals surface area (Å²) in [7, 11) is 0. The number of amidine groups is 1. The van der Waals surface area contributed by atoms with Gasteiger partial charge in [-0.3, -0.25) is 10.2 Å². The lowest BCUT2D eigenvalue weighted by Crippen LogP contribution is -2.23. The number of hydrogen-bond donors (Lipinski definition) is 3. The highest BCUT2D eigenvalue weighted by Gasteiger charge is 2.07. The molecule has 0 aromatic heterocycles. The van der Waals surface area contributed by atoms with E-state index in [1.807, 2.05) is 54.6 Å². The molecule has 28 heavy (non-hydrogen) atoms. The zero-order valence-corrected chi connectivity index (χ0v) is 16.0. The topological polar surface area (TPSA) is 88.2 Å². The molecule has 0 saturated heterocycles. The Morgan fingerprint density at radius 2 is 1.57 bits per heavy atom. The van der Waals surface area contributed by atoms with E-state index in [0.29, 0.717) is 24.3 Å². The van der Waals surface area contributed by atoms with Crippen LogP contribution in [-0.4, -0.2) is 11.7 Å². The number of benzene rings is 3. The van der Waals surface area contributed by atoms with Gasteiger partial charge in [-0.1, -0.05) is 54.6 Å². The van der Waals surface area contributed by atoms with Crippen LogP contribution in [-0.2, 0) is 13.2 Å². The highest BCUT2D eigenvalue weighted by Crippen LogP contribution is 2.14. The minimum atomic E-state index is -0.206. The van der Waals surface area contributed by atoms with Crippen LogP contribution in [0.25, 0.3) is 0 Å². The van der Waals surface area contributed by atoms with Crippen LogP contribution >= 0.6 is 12.4 Å². The predicted molar refractivity (Wildman–Crippen MR) is 113 cm³/mol. The molecule has 3 aromatic carbocycles. The fourth-order valence-electron chi connectivity index (χ4n) is 2.56. The van der Waals surface area contributed by atoms with E-state index < -0.39 is 0 Å². The van der Waals surface area contributed by atoms with Crippen molar-refractivity contribution < 1.29 is 9.53 Å². The van der Waals surface area contributed by atoms with E-state index >= 15 is 0 Å². The van der Waals surface area contributed by atoms with Gasteiger partial charge in [-0.05, 0) is 35.4 Å². The first-order chi connectivity index (χ1) is 13.1. The standard InChI is InChI=1S/C22H21N3O2.ClH/c23-21(24)18-7-4-8-19(13-18)22(26)25-14-16-9-11-20(12-10-16)27-15-17-5-2-1-3-6-17;/h1-13H,14-15H2,(H3,23,24)(H,25,26);1H. The van der Waals surface area contributed by atoms with Gasteiger partial charge >= 0.3 is 0 Å². The number of hydrogen-bond acceptors (Lipinski definition) is 3. The lowest BCUT2D eigenvalue weighted by molar-refractivity contribution is 0.0951. The fourth-order valence-corrected chi connectivity index (χ4v) is 2.56. The SMILES string of the molecule is Cl.N=C(N)c1cccc(C(=O)NCc2ccc(OCc3ccccc3)cc2)c1. The minimum absolute atomic E-state index is 0. The van der Waals surface area contributed by atoms with Crippen LogP contribution in [0.15, 0.2) is 78.9 Å². The second kappa shape index (κ2) is 10.1. The van der Waals surface area contributed by atoms with Crippen LogP contribution < -0.4 is 15.8 Å². The molecule has 0 fully saturated rings. The lowest BCUT2D eigenvalue weighted by atomic mass is 10.1. The molecule has 1 amide bonds. The summed E-state index contributed by atoms with van der Waals surface area (Å²) in [5, 5.41) is 10.3. The lowest BCUT2D eigenvalue weighted by Gasteiger charge is -2.09. The molecule has 0 radical (unpaired) electrons. The monoisotopic (exact) mass is 395 g/mol. The highest BCUT2D eigenvalue weighted by molar-refractivity contribution is 6.00. The number of nitrogen functional groups attached to an aromatic ring is 1. The normalized spacial score (nSPS) is 9.86.